The van der Waals surface area contributed by atoms with Gasteiger partial charge in [0.05, 0.1) is 0 Å². The maximum atomic E-state index is 12.4. The van der Waals surface area contributed by atoms with E-state index < -0.39 is 0 Å². The highest BCUT2D eigenvalue weighted by Gasteiger charge is 2.13. The van der Waals surface area contributed by atoms with Crippen LogP contribution in [0.4, 0.5) is 0 Å². The first-order valence-corrected chi connectivity index (χ1v) is 6.47. The van der Waals surface area contributed by atoms with Crippen LogP contribution in [0.2, 0.25) is 5.02 Å². The van der Waals surface area contributed by atoms with E-state index in [4.69, 9.17) is 11.6 Å². The summed E-state index contributed by atoms with van der Waals surface area (Å²) in [5.74, 6) is -0.263. The molecule has 20 heavy (non-hydrogen) atoms. The third-order valence-corrected chi connectivity index (χ3v) is 3.19. The van der Waals surface area contributed by atoms with Gasteiger partial charge in [-0.25, -0.2) is 0 Å². The number of halogens is 1. The normalized spacial score (nSPS) is 10.9. The molecule has 0 atom stereocenters. The van der Waals surface area contributed by atoms with Gasteiger partial charge in [0, 0.05) is 10.6 Å². The SMILES string of the molecule is Cc1ccccc1C(=O)/C(C#N)=C/c1ccc(Cl)cc1. The molecular weight excluding hydrogens is 270 g/mol. The van der Waals surface area contributed by atoms with Crippen molar-refractivity contribution in [3.05, 3.63) is 75.8 Å². The summed E-state index contributed by atoms with van der Waals surface area (Å²) in [6.07, 6.45) is 1.57. The van der Waals surface area contributed by atoms with E-state index in [0.29, 0.717) is 10.6 Å². The third-order valence-electron chi connectivity index (χ3n) is 2.94. The number of nitrogens with zero attached hydrogens (tertiary/aromatic N) is 1. The van der Waals surface area contributed by atoms with E-state index in [-0.39, 0.29) is 11.4 Å². The Hall–Kier alpha value is -2.37. The molecule has 0 N–H and O–H groups in total. The Kier molecular flexibility index (Phi) is 4.34. The van der Waals surface area contributed by atoms with E-state index in [2.05, 4.69) is 0 Å². The lowest BCUT2D eigenvalue weighted by Crippen LogP contribution is -2.04. The molecule has 98 valence electrons. The van der Waals surface area contributed by atoms with Crippen LogP contribution >= 0.6 is 11.6 Å². The average molecular weight is 282 g/mol. The lowest BCUT2D eigenvalue weighted by atomic mass is 9.98. The third kappa shape index (κ3) is 3.14. The summed E-state index contributed by atoms with van der Waals surface area (Å²) < 4.78 is 0. The minimum Gasteiger partial charge on any atom is -0.288 e. The summed E-state index contributed by atoms with van der Waals surface area (Å²) >= 11 is 5.81. The molecule has 0 aliphatic carbocycles. The summed E-state index contributed by atoms with van der Waals surface area (Å²) in [5.41, 5.74) is 2.29. The zero-order chi connectivity index (χ0) is 14.5. The Bertz CT molecular complexity index is 709. The lowest BCUT2D eigenvalue weighted by Gasteiger charge is -2.03. The molecule has 0 aliphatic rings. The van der Waals surface area contributed by atoms with E-state index in [1.807, 2.05) is 25.1 Å². The number of ketones is 1. The topological polar surface area (TPSA) is 40.9 Å². The monoisotopic (exact) mass is 281 g/mol. The predicted octanol–water partition coefficient (Wildman–Crippen LogP) is 4.44. The zero-order valence-electron chi connectivity index (χ0n) is 10.9. The van der Waals surface area contributed by atoms with E-state index in [0.717, 1.165) is 11.1 Å². The quantitative estimate of drug-likeness (QED) is 0.474. The van der Waals surface area contributed by atoms with Gasteiger partial charge in [-0.3, -0.25) is 4.79 Å². The van der Waals surface area contributed by atoms with Crippen LogP contribution in [0.1, 0.15) is 21.5 Å². The van der Waals surface area contributed by atoms with Gasteiger partial charge < -0.3 is 0 Å². The van der Waals surface area contributed by atoms with Gasteiger partial charge in [-0.15, -0.1) is 0 Å². The summed E-state index contributed by atoms with van der Waals surface area (Å²) in [5, 5.41) is 9.82. The van der Waals surface area contributed by atoms with Crippen LogP contribution in [0.25, 0.3) is 6.08 Å². The van der Waals surface area contributed by atoms with Crippen molar-refractivity contribution in [3.63, 3.8) is 0 Å². The molecular formula is C17H12ClNO. The molecule has 0 heterocycles. The maximum Gasteiger partial charge on any atom is 0.203 e. The first kappa shape index (κ1) is 14.0. The minimum atomic E-state index is -0.263. The molecule has 2 aromatic carbocycles. The van der Waals surface area contributed by atoms with Crippen LogP contribution in [0.3, 0.4) is 0 Å². The molecule has 0 saturated heterocycles. The van der Waals surface area contributed by atoms with Crippen LogP contribution in [-0.2, 0) is 0 Å². The number of benzene rings is 2. The van der Waals surface area contributed by atoms with Crippen molar-refractivity contribution in [2.75, 3.05) is 0 Å². The van der Waals surface area contributed by atoms with Crippen LogP contribution in [0, 0.1) is 18.3 Å². The van der Waals surface area contributed by atoms with Gasteiger partial charge in [-0.05, 0) is 36.3 Å². The molecule has 0 saturated carbocycles. The van der Waals surface area contributed by atoms with E-state index in [1.165, 1.54) is 0 Å². The standard InChI is InChI=1S/C17H12ClNO/c1-12-4-2-3-5-16(12)17(20)14(11-19)10-13-6-8-15(18)9-7-13/h2-10H,1H3/b14-10+. The number of Topliss-reactive ketones (excluding diaryl/α,β-unsaturated/α-hetero) is 1. The Morgan fingerprint density at radius 1 is 1.15 bits per heavy atom. The smallest absolute Gasteiger partial charge is 0.203 e. The fraction of sp³-hybridized carbons (Fsp3) is 0.0588. The number of aryl methyl sites for hydroxylation is 1. The molecule has 0 spiro atoms. The molecule has 3 heteroatoms. The Labute approximate surface area is 122 Å². The van der Waals surface area contributed by atoms with Crippen LogP contribution in [0.5, 0.6) is 0 Å². The minimum absolute atomic E-state index is 0.113. The van der Waals surface area contributed by atoms with Gasteiger partial charge in [0.1, 0.15) is 11.6 Å². The number of nitriles is 1. The maximum absolute atomic E-state index is 12.4. The van der Waals surface area contributed by atoms with Gasteiger partial charge >= 0.3 is 0 Å². The number of allylic oxidation sites excluding steroid dienone is 1. The molecule has 0 unspecified atom stereocenters. The second-order valence-corrected chi connectivity index (χ2v) is 4.80. The molecule has 2 aromatic rings. The highest BCUT2D eigenvalue weighted by molar-refractivity contribution is 6.30. The molecule has 0 bridgehead atoms. The number of hydrogen-bond acceptors (Lipinski definition) is 2. The van der Waals surface area contributed by atoms with Crippen molar-refractivity contribution in [1.82, 2.24) is 0 Å². The molecule has 0 aromatic heterocycles. The van der Waals surface area contributed by atoms with Crippen LogP contribution in [-0.4, -0.2) is 5.78 Å². The Morgan fingerprint density at radius 2 is 1.80 bits per heavy atom. The summed E-state index contributed by atoms with van der Waals surface area (Å²) in [6, 6.07) is 16.2. The van der Waals surface area contributed by atoms with Crippen LogP contribution in [0.15, 0.2) is 54.1 Å². The van der Waals surface area contributed by atoms with Crippen molar-refractivity contribution in [3.8, 4) is 6.07 Å². The highest BCUT2D eigenvalue weighted by Crippen LogP contribution is 2.17. The van der Waals surface area contributed by atoms with Crippen molar-refractivity contribution in [2.45, 2.75) is 6.92 Å². The summed E-state index contributed by atoms with van der Waals surface area (Å²) in [7, 11) is 0. The highest BCUT2D eigenvalue weighted by atomic mass is 35.5. The fourth-order valence-corrected chi connectivity index (χ4v) is 1.97. The molecule has 2 rings (SSSR count). The van der Waals surface area contributed by atoms with Gasteiger partial charge in [0.25, 0.3) is 0 Å². The summed E-state index contributed by atoms with van der Waals surface area (Å²) in [4.78, 5) is 12.4. The molecule has 0 amide bonds. The van der Waals surface area contributed by atoms with E-state index in [1.54, 1.807) is 42.5 Å². The second kappa shape index (κ2) is 6.18. The fourth-order valence-electron chi connectivity index (χ4n) is 1.85. The number of hydrogen-bond donors (Lipinski definition) is 0. The molecule has 0 radical (unpaired) electrons. The van der Waals surface area contributed by atoms with Crippen molar-refractivity contribution in [2.24, 2.45) is 0 Å². The molecule has 0 aliphatic heterocycles. The molecule has 0 fully saturated rings. The second-order valence-electron chi connectivity index (χ2n) is 4.37. The van der Waals surface area contributed by atoms with Crippen LogP contribution < -0.4 is 0 Å². The van der Waals surface area contributed by atoms with Gasteiger partial charge in [-0.1, -0.05) is 48.0 Å². The number of carbonyl (C=O) groups is 1. The van der Waals surface area contributed by atoms with Gasteiger partial charge in [0.15, 0.2) is 0 Å². The molecule has 2 nitrogen and oxygen atoms in total. The van der Waals surface area contributed by atoms with Gasteiger partial charge in [-0.2, -0.15) is 5.26 Å². The predicted molar refractivity (Wildman–Crippen MR) is 80.6 cm³/mol. The van der Waals surface area contributed by atoms with E-state index in [9.17, 15) is 10.1 Å². The number of rotatable bonds is 3. The van der Waals surface area contributed by atoms with E-state index >= 15 is 0 Å². The van der Waals surface area contributed by atoms with Gasteiger partial charge in [0.2, 0.25) is 5.78 Å². The lowest BCUT2D eigenvalue weighted by molar-refractivity contribution is 0.103. The Morgan fingerprint density at radius 3 is 2.40 bits per heavy atom. The first-order valence-electron chi connectivity index (χ1n) is 6.09. The Balaban J connectivity index is 2.38. The largest absolute Gasteiger partial charge is 0.288 e. The number of carbonyl (C=O) groups excluding carboxylic acids is 1. The van der Waals surface area contributed by atoms with Crippen molar-refractivity contribution in [1.29, 1.82) is 5.26 Å². The van der Waals surface area contributed by atoms with Crippen molar-refractivity contribution >= 4 is 23.5 Å². The average Bonchev–Trinajstić information content (AvgIpc) is 2.46. The summed E-state index contributed by atoms with van der Waals surface area (Å²) in [6.45, 7) is 1.85. The first-order chi connectivity index (χ1) is 9.61. The van der Waals surface area contributed by atoms with Crippen molar-refractivity contribution < 1.29 is 4.79 Å². The zero-order valence-corrected chi connectivity index (χ0v) is 11.7.